The van der Waals surface area contributed by atoms with E-state index in [9.17, 15) is 40.0 Å². The first-order chi connectivity index (χ1) is 26.3. The zero-order valence-electron chi connectivity index (χ0n) is 30.0. The van der Waals surface area contributed by atoms with Crippen LogP contribution in [0, 0.1) is 18.8 Å². The quantitative estimate of drug-likeness (QED) is 0.145. The Hall–Kier alpha value is -4.70. The van der Waals surface area contributed by atoms with Gasteiger partial charge in [0.15, 0.2) is 5.52 Å². The van der Waals surface area contributed by atoms with Gasteiger partial charge in [-0.05, 0) is 50.1 Å². The number of piperidine rings is 1. The van der Waals surface area contributed by atoms with Crippen LogP contribution >= 0.6 is 22.9 Å². The topological polar surface area (TPSA) is 130 Å². The fourth-order valence-corrected chi connectivity index (χ4v) is 8.85. The highest BCUT2D eigenvalue weighted by atomic mass is 35.5. The van der Waals surface area contributed by atoms with E-state index in [-0.39, 0.29) is 59.4 Å². The van der Waals surface area contributed by atoms with E-state index >= 15 is 0 Å². The molecule has 1 N–H and O–H groups in total. The van der Waals surface area contributed by atoms with Crippen LogP contribution in [0.4, 0.5) is 27.8 Å². The third-order valence-electron chi connectivity index (χ3n) is 10.1. The number of thiophene rings is 1. The lowest BCUT2D eigenvalue weighted by molar-refractivity contribution is -0.137. The summed E-state index contributed by atoms with van der Waals surface area (Å²) in [5.74, 6) is 2.21. The van der Waals surface area contributed by atoms with Crippen molar-refractivity contribution in [3.63, 3.8) is 0 Å². The lowest BCUT2D eigenvalue weighted by atomic mass is 9.85. The van der Waals surface area contributed by atoms with Crippen LogP contribution in [0.15, 0.2) is 46.7 Å². The van der Waals surface area contributed by atoms with Crippen LogP contribution in [0.2, 0.25) is 5.02 Å². The minimum Gasteiger partial charge on any atom is -0.356 e. The van der Waals surface area contributed by atoms with Gasteiger partial charge in [0, 0.05) is 78.4 Å². The summed E-state index contributed by atoms with van der Waals surface area (Å²) in [4.78, 5) is 42.8. The molecule has 0 spiro atoms. The van der Waals surface area contributed by atoms with Gasteiger partial charge in [-0.25, -0.2) is 31.9 Å². The Morgan fingerprint density at radius 1 is 1.11 bits per heavy atom. The number of benzene rings is 1. The van der Waals surface area contributed by atoms with Gasteiger partial charge in [-0.1, -0.05) is 23.4 Å². The molecule has 1 saturated carbocycles. The van der Waals surface area contributed by atoms with Gasteiger partial charge >= 0.3 is 6.18 Å². The highest BCUT2D eigenvalue weighted by Crippen LogP contribution is 2.42. The van der Waals surface area contributed by atoms with Gasteiger partial charge in [-0.15, -0.1) is 11.3 Å². The molecule has 2 aliphatic rings. The summed E-state index contributed by atoms with van der Waals surface area (Å²) in [5.41, 5.74) is -0.183. The molecule has 0 atom stereocenters. The van der Waals surface area contributed by atoms with Crippen molar-refractivity contribution in [3.8, 4) is 23.0 Å². The summed E-state index contributed by atoms with van der Waals surface area (Å²) in [6.07, 6.45) is -2.03. The maximum atomic E-state index is 14.4. The molecule has 7 rings (SSSR count). The molecule has 2 fully saturated rings. The van der Waals surface area contributed by atoms with E-state index in [1.54, 1.807) is 24.3 Å². The number of hydrogen-bond acceptors (Lipinski definition) is 10. The molecule has 4 aromatic heterocycles. The van der Waals surface area contributed by atoms with Crippen molar-refractivity contribution in [1.29, 1.82) is 0 Å². The molecule has 1 amide bonds. The predicted octanol–water partition coefficient (Wildman–Crippen LogP) is 6.49. The maximum Gasteiger partial charge on any atom is 0.420 e. The average molecular weight is 834 g/mol. The summed E-state index contributed by atoms with van der Waals surface area (Å²) in [6.45, 7) is 2.20. The van der Waals surface area contributed by atoms with Crippen molar-refractivity contribution in [3.05, 3.63) is 79.8 Å². The highest BCUT2D eigenvalue weighted by Gasteiger charge is 2.48. The van der Waals surface area contributed by atoms with Crippen molar-refractivity contribution in [2.75, 3.05) is 31.3 Å². The number of fused-ring (bicyclic) bond motifs is 2. The maximum absolute atomic E-state index is 14.4. The van der Waals surface area contributed by atoms with E-state index in [1.807, 2.05) is 9.62 Å². The second-order valence-electron chi connectivity index (χ2n) is 14.0. The third-order valence-corrected chi connectivity index (χ3v) is 11.9. The van der Waals surface area contributed by atoms with E-state index in [0.29, 0.717) is 52.3 Å². The highest BCUT2D eigenvalue weighted by molar-refractivity contribution is 7.89. The van der Waals surface area contributed by atoms with Crippen molar-refractivity contribution in [2.45, 2.75) is 63.3 Å². The van der Waals surface area contributed by atoms with Gasteiger partial charge in [0.05, 0.1) is 34.1 Å². The second-order valence-corrected chi connectivity index (χ2v) is 17.0. The molecular formula is C37H33ClF5N7O4S2. The number of pyridine rings is 2. The zero-order valence-corrected chi connectivity index (χ0v) is 32.4. The van der Waals surface area contributed by atoms with E-state index in [1.165, 1.54) is 46.4 Å². The summed E-state index contributed by atoms with van der Waals surface area (Å²) in [6, 6.07) is 6.88. The molecule has 11 nitrogen and oxygen atoms in total. The first-order valence-electron chi connectivity index (χ1n) is 17.3. The van der Waals surface area contributed by atoms with E-state index in [2.05, 4.69) is 26.8 Å². The Balaban J connectivity index is 1.19. The molecule has 19 heteroatoms. The van der Waals surface area contributed by atoms with E-state index < -0.39 is 45.0 Å². The molecule has 1 aliphatic heterocycles. The fraction of sp³-hybridized carbons (Fsp3) is 0.378. The largest absolute Gasteiger partial charge is 0.420 e. The normalized spacial score (nSPS) is 16.7. The van der Waals surface area contributed by atoms with Gasteiger partial charge in [0.2, 0.25) is 10.0 Å². The number of rotatable bonds is 7. The molecule has 5 aromatic rings. The second kappa shape index (κ2) is 14.7. The summed E-state index contributed by atoms with van der Waals surface area (Å²) in [5, 5.41) is 1.88. The number of nitrogens with zero attached hydrogens (tertiary/aromatic N) is 6. The molecule has 1 aromatic carbocycles. The summed E-state index contributed by atoms with van der Waals surface area (Å²) in [7, 11) is -2.33. The smallest absolute Gasteiger partial charge is 0.356 e. The number of likely N-dealkylation sites (tertiary alicyclic amines) is 1. The number of sulfonamides is 1. The Labute approximate surface area is 326 Å². The molecule has 0 bridgehead atoms. The van der Waals surface area contributed by atoms with Crippen molar-refractivity contribution in [2.24, 2.45) is 0 Å². The van der Waals surface area contributed by atoms with Crippen LogP contribution in [0.3, 0.4) is 0 Å². The lowest BCUT2D eigenvalue weighted by Gasteiger charge is -2.46. The predicted molar refractivity (Wildman–Crippen MR) is 204 cm³/mol. The number of aryl methyl sites for hydroxylation is 1. The molecule has 0 unspecified atom stereocenters. The summed E-state index contributed by atoms with van der Waals surface area (Å²) < 4.78 is 97.4. The van der Waals surface area contributed by atoms with Crippen LogP contribution in [0.1, 0.15) is 53.0 Å². The van der Waals surface area contributed by atoms with Crippen LogP contribution in [0.25, 0.3) is 32.4 Å². The number of aromatic nitrogens is 4. The summed E-state index contributed by atoms with van der Waals surface area (Å²) >= 11 is 7.56. The average Bonchev–Trinajstić information content (AvgIpc) is 3.56. The molecule has 56 heavy (non-hydrogen) atoms. The van der Waals surface area contributed by atoms with Gasteiger partial charge in [0.1, 0.15) is 17.2 Å². The Kier molecular flexibility index (Phi) is 10.4. The molecule has 0 radical (unpaired) electrons. The van der Waals surface area contributed by atoms with Crippen LogP contribution in [0.5, 0.6) is 0 Å². The number of anilines is 1. The van der Waals surface area contributed by atoms with Crippen LogP contribution < -0.4 is 15.2 Å². The Bertz CT molecular complexity index is 2620. The van der Waals surface area contributed by atoms with E-state index in [4.69, 9.17) is 11.6 Å². The number of halogens is 6. The SMILES string of the molecule is Cc1nc2cc(C(F)(F)F)c(N(C)C3CCN(C4CC(F)(F)C4)CC3)nc2c(=O)n1CC#Cc1ccc(Cl)cc1-c1ccnc2c(C(=O)NS(C)(=O)=O)csc12. The minimum atomic E-state index is -4.80. The molecular weight excluding hydrogens is 801 g/mol. The van der Waals surface area contributed by atoms with Crippen molar-refractivity contribution >= 4 is 65.9 Å². The Morgan fingerprint density at radius 3 is 2.48 bits per heavy atom. The first kappa shape index (κ1) is 39.5. The van der Waals surface area contributed by atoms with Crippen molar-refractivity contribution in [1.82, 2.24) is 29.1 Å². The number of amides is 1. The monoisotopic (exact) mass is 833 g/mol. The van der Waals surface area contributed by atoms with Gasteiger partial charge < -0.3 is 4.90 Å². The van der Waals surface area contributed by atoms with Gasteiger partial charge in [-0.2, -0.15) is 13.2 Å². The molecule has 294 valence electrons. The standard InChI is InChI=1S/C37H33ClF5N7O4S2/c1-20-45-29-16-28(37(41,42)43)33(48(2)23-9-13-49(14-10-23)24-17-36(39,40)18-24)46-31(29)35(52)50(20)12-4-5-21-6-7-22(38)15-26(21)25-8-11-44-30-27(19-55-32(25)30)34(51)47-56(3,53)54/h6-8,11,15-16,19,23-24H,9-10,12-14,17-18H2,1-3H3,(H,47,51). The number of alkyl halides is 5. The number of nitrogens with one attached hydrogen (secondary N) is 1. The number of carbonyl (C=O) groups excluding carboxylic acids is 1. The third kappa shape index (κ3) is 7.95. The van der Waals surface area contributed by atoms with Gasteiger partial charge in [-0.3, -0.25) is 24.0 Å². The first-order valence-corrected chi connectivity index (χ1v) is 20.5. The molecule has 5 heterocycles. The van der Waals surface area contributed by atoms with E-state index in [0.717, 1.165) is 12.3 Å². The number of carbonyl (C=O) groups is 1. The Morgan fingerprint density at radius 2 is 1.82 bits per heavy atom. The zero-order chi connectivity index (χ0) is 40.3. The van der Waals surface area contributed by atoms with Crippen LogP contribution in [-0.2, 0) is 22.7 Å². The number of hydrogen-bond donors (Lipinski definition) is 1. The van der Waals surface area contributed by atoms with Crippen molar-refractivity contribution < 1.29 is 35.2 Å². The van der Waals surface area contributed by atoms with Gasteiger partial charge in [0.25, 0.3) is 17.4 Å². The molecule has 1 aliphatic carbocycles. The van der Waals surface area contributed by atoms with Crippen LogP contribution in [-0.4, -0.2) is 83.1 Å². The lowest BCUT2D eigenvalue weighted by Crippen LogP contribution is -2.55. The minimum absolute atomic E-state index is 0.0694. The fourth-order valence-electron chi connectivity index (χ4n) is 7.20. The molecule has 1 saturated heterocycles.